The highest BCUT2D eigenvalue weighted by Gasteiger charge is 2.21. The topological polar surface area (TPSA) is 71.0 Å². The lowest BCUT2D eigenvalue weighted by molar-refractivity contribution is -0.535. The maximum Gasteiger partial charge on any atom is 0.345 e. The van der Waals surface area contributed by atoms with Crippen molar-refractivity contribution in [2.45, 2.75) is 6.92 Å². The van der Waals surface area contributed by atoms with Gasteiger partial charge in [0.15, 0.2) is 5.57 Å². The minimum atomic E-state index is -1.17. The van der Waals surface area contributed by atoms with Gasteiger partial charge in [0, 0.05) is 13.0 Å². The molecule has 0 spiro atoms. The van der Waals surface area contributed by atoms with Crippen LogP contribution >= 0.6 is 0 Å². The van der Waals surface area contributed by atoms with Gasteiger partial charge in [0.05, 0.1) is 0 Å². The third kappa shape index (κ3) is 1.53. The molecule has 0 aliphatic carbocycles. The number of carbonyl (C=O) groups is 2. The molecule has 0 amide bonds. The van der Waals surface area contributed by atoms with Gasteiger partial charge < -0.3 is 5.11 Å². The Bertz CT molecular complexity index is 275. The number of carboxylic acid groups (broad SMARTS) is 1. The van der Waals surface area contributed by atoms with Crippen molar-refractivity contribution in [2.75, 3.05) is 0 Å². The first-order valence-electron chi connectivity index (χ1n) is 3.12. The summed E-state index contributed by atoms with van der Waals surface area (Å²) < 4.78 is 0. The van der Waals surface area contributed by atoms with Crippen LogP contribution in [0.2, 0.25) is 0 Å². The summed E-state index contributed by atoms with van der Waals surface area (Å²) >= 11 is 0. The molecule has 1 aliphatic rings. The third-order valence-corrected chi connectivity index (χ3v) is 1.37. The lowest BCUT2D eigenvalue weighted by Crippen LogP contribution is -2.76. The zero-order chi connectivity index (χ0) is 8.43. The lowest BCUT2D eigenvalue weighted by atomic mass is 10.1. The number of carbonyl (C=O) groups excluding carboxylic acids is 1. The van der Waals surface area contributed by atoms with E-state index >= 15 is 0 Å². The van der Waals surface area contributed by atoms with Gasteiger partial charge in [-0.15, -0.1) is 0 Å². The Balaban J connectivity index is 2.89. The predicted molar refractivity (Wildman–Crippen MR) is 36.4 cm³/mol. The first kappa shape index (κ1) is 7.68. The van der Waals surface area contributed by atoms with Gasteiger partial charge in [0.2, 0.25) is 5.78 Å². The average molecular weight is 154 g/mol. The van der Waals surface area contributed by atoms with Crippen molar-refractivity contribution in [1.82, 2.24) is 0 Å². The largest absolute Gasteiger partial charge is 0.477 e. The second kappa shape index (κ2) is 2.67. The summed E-state index contributed by atoms with van der Waals surface area (Å²) in [6, 6.07) is 0. The zero-order valence-electron chi connectivity index (χ0n) is 6.00. The molecule has 4 nitrogen and oxygen atoms in total. The van der Waals surface area contributed by atoms with Gasteiger partial charge in [-0.1, -0.05) is 0 Å². The number of quaternary nitrogens is 1. The maximum absolute atomic E-state index is 10.9. The quantitative estimate of drug-likeness (QED) is 0.476. The molecule has 0 radical (unpaired) electrons. The van der Waals surface area contributed by atoms with Crippen LogP contribution in [-0.2, 0) is 9.59 Å². The SMILES string of the molecule is CC1=CC(=O)C(C(=O)O)=C[NH2+]1. The summed E-state index contributed by atoms with van der Waals surface area (Å²) in [5.74, 6) is -1.60. The van der Waals surface area contributed by atoms with Crippen molar-refractivity contribution in [3.8, 4) is 0 Å². The van der Waals surface area contributed by atoms with Crippen LogP contribution in [0.15, 0.2) is 23.5 Å². The van der Waals surface area contributed by atoms with Gasteiger partial charge in [-0.2, -0.15) is 0 Å². The van der Waals surface area contributed by atoms with Gasteiger partial charge in [-0.3, -0.25) is 10.1 Å². The van der Waals surface area contributed by atoms with Crippen LogP contribution < -0.4 is 5.32 Å². The van der Waals surface area contributed by atoms with Crippen molar-refractivity contribution in [1.29, 1.82) is 0 Å². The van der Waals surface area contributed by atoms with Crippen LogP contribution in [0, 0.1) is 0 Å². The summed E-state index contributed by atoms with van der Waals surface area (Å²) in [6.07, 6.45) is 2.63. The summed E-state index contributed by atoms with van der Waals surface area (Å²) in [7, 11) is 0. The van der Waals surface area contributed by atoms with Crippen molar-refractivity contribution in [2.24, 2.45) is 0 Å². The van der Waals surface area contributed by atoms with E-state index in [-0.39, 0.29) is 5.57 Å². The Hall–Kier alpha value is -1.42. The molecule has 0 atom stereocenters. The average Bonchev–Trinajstić information content (AvgIpc) is 1.85. The molecule has 0 saturated carbocycles. The molecule has 0 unspecified atom stereocenters. The van der Waals surface area contributed by atoms with Gasteiger partial charge >= 0.3 is 5.97 Å². The number of allylic oxidation sites excluding steroid dienone is 2. The molecular formula is C7H8NO3+. The highest BCUT2D eigenvalue weighted by molar-refractivity contribution is 6.21. The highest BCUT2D eigenvalue weighted by Crippen LogP contribution is 2.00. The summed E-state index contributed by atoms with van der Waals surface area (Å²) in [5.41, 5.74) is 0.607. The molecule has 4 heteroatoms. The summed E-state index contributed by atoms with van der Waals surface area (Å²) in [4.78, 5) is 21.2. The van der Waals surface area contributed by atoms with Crippen molar-refractivity contribution in [3.63, 3.8) is 0 Å². The highest BCUT2D eigenvalue weighted by atomic mass is 16.4. The van der Waals surface area contributed by atoms with Crippen LogP contribution in [0.3, 0.4) is 0 Å². The van der Waals surface area contributed by atoms with Crippen molar-refractivity contribution < 1.29 is 20.0 Å². The number of hydrogen-bond donors (Lipinski definition) is 2. The number of ketones is 1. The Kier molecular flexibility index (Phi) is 1.87. The van der Waals surface area contributed by atoms with Crippen LogP contribution in [0.1, 0.15) is 6.92 Å². The van der Waals surface area contributed by atoms with E-state index in [9.17, 15) is 9.59 Å². The molecule has 1 aliphatic heterocycles. The van der Waals surface area contributed by atoms with Gasteiger partial charge in [0.25, 0.3) is 0 Å². The van der Waals surface area contributed by atoms with Crippen molar-refractivity contribution >= 4 is 11.8 Å². The van der Waals surface area contributed by atoms with E-state index in [0.717, 1.165) is 5.70 Å². The molecule has 11 heavy (non-hydrogen) atoms. The molecular weight excluding hydrogens is 146 g/mol. The first-order valence-corrected chi connectivity index (χ1v) is 3.12. The molecule has 0 aromatic carbocycles. The maximum atomic E-state index is 10.9. The van der Waals surface area contributed by atoms with Gasteiger partial charge in [0.1, 0.15) is 11.9 Å². The Labute approximate surface area is 63.2 Å². The Morgan fingerprint density at radius 3 is 2.73 bits per heavy atom. The number of aliphatic carboxylic acids is 1. The second-order valence-corrected chi connectivity index (χ2v) is 2.30. The van der Waals surface area contributed by atoms with Crippen LogP contribution in [-0.4, -0.2) is 16.9 Å². The van der Waals surface area contributed by atoms with E-state index in [1.54, 1.807) is 12.2 Å². The Morgan fingerprint density at radius 2 is 2.27 bits per heavy atom. The summed E-state index contributed by atoms with van der Waals surface area (Å²) in [6.45, 7) is 1.74. The fourth-order valence-corrected chi connectivity index (χ4v) is 0.806. The van der Waals surface area contributed by atoms with E-state index in [2.05, 4.69) is 0 Å². The molecule has 0 aromatic rings. The van der Waals surface area contributed by atoms with Crippen LogP contribution in [0.4, 0.5) is 0 Å². The Morgan fingerprint density at radius 1 is 1.64 bits per heavy atom. The van der Waals surface area contributed by atoms with E-state index < -0.39 is 11.8 Å². The minimum Gasteiger partial charge on any atom is -0.477 e. The molecule has 0 fully saturated rings. The smallest absolute Gasteiger partial charge is 0.345 e. The molecule has 1 heterocycles. The van der Waals surface area contributed by atoms with Gasteiger partial charge in [-0.25, -0.2) is 4.79 Å². The van der Waals surface area contributed by atoms with Crippen LogP contribution in [0.25, 0.3) is 0 Å². The lowest BCUT2D eigenvalue weighted by Gasteiger charge is -2.02. The number of carboxylic acids is 1. The fourth-order valence-electron chi connectivity index (χ4n) is 0.806. The second-order valence-electron chi connectivity index (χ2n) is 2.30. The predicted octanol–water partition coefficient (Wildman–Crippen LogP) is -0.995. The molecule has 3 N–H and O–H groups in total. The molecule has 58 valence electrons. The normalized spacial score (nSPS) is 17.4. The van der Waals surface area contributed by atoms with Crippen molar-refractivity contribution in [3.05, 3.63) is 23.5 Å². The van der Waals surface area contributed by atoms with E-state index in [1.807, 2.05) is 0 Å². The summed E-state index contributed by atoms with van der Waals surface area (Å²) in [5, 5.41) is 10.1. The molecule has 0 bridgehead atoms. The standard InChI is InChI=1S/C7H7NO3/c1-4-2-6(9)5(3-8-4)7(10)11/h2-3H,1H3,(H,8,9)(H,10,11)/p+1. The fraction of sp³-hybridized carbons (Fsp3) is 0.143. The molecule has 0 aromatic heterocycles. The zero-order valence-corrected chi connectivity index (χ0v) is 6.00. The van der Waals surface area contributed by atoms with Crippen LogP contribution in [0.5, 0.6) is 0 Å². The number of nitrogens with two attached hydrogens (primary N) is 1. The van der Waals surface area contributed by atoms with Gasteiger partial charge in [-0.05, 0) is 0 Å². The molecule has 1 rings (SSSR count). The third-order valence-electron chi connectivity index (χ3n) is 1.37. The monoisotopic (exact) mass is 154 g/mol. The molecule has 0 saturated heterocycles. The van der Waals surface area contributed by atoms with E-state index in [0.29, 0.717) is 0 Å². The minimum absolute atomic E-state index is 0.171. The number of rotatable bonds is 1. The van der Waals surface area contributed by atoms with E-state index in [4.69, 9.17) is 5.11 Å². The van der Waals surface area contributed by atoms with E-state index in [1.165, 1.54) is 12.3 Å². The first-order chi connectivity index (χ1) is 5.11. The number of hydrogen-bond acceptors (Lipinski definition) is 2.